The highest BCUT2D eigenvalue weighted by atomic mass is 19.4. The predicted octanol–water partition coefficient (Wildman–Crippen LogP) is 4.79. The lowest BCUT2D eigenvalue weighted by Crippen LogP contribution is -2.30. The molecule has 0 spiro atoms. The Morgan fingerprint density at radius 1 is 1.06 bits per heavy atom. The van der Waals surface area contributed by atoms with Crippen molar-refractivity contribution in [3.8, 4) is 17.0 Å². The van der Waals surface area contributed by atoms with Crippen LogP contribution in [0.4, 0.5) is 13.2 Å². The van der Waals surface area contributed by atoms with Crippen molar-refractivity contribution in [3.63, 3.8) is 0 Å². The van der Waals surface area contributed by atoms with Gasteiger partial charge in [-0.3, -0.25) is 9.78 Å². The molecule has 2 aromatic carbocycles. The first-order chi connectivity index (χ1) is 16.3. The summed E-state index contributed by atoms with van der Waals surface area (Å²) >= 11 is 0. The number of methoxy groups -OCH3 is 1. The molecule has 0 bridgehead atoms. The third-order valence-corrected chi connectivity index (χ3v) is 5.36. The Kier molecular flexibility index (Phi) is 6.47. The van der Waals surface area contributed by atoms with Gasteiger partial charge in [0, 0.05) is 35.0 Å². The van der Waals surface area contributed by atoms with E-state index in [0.717, 1.165) is 12.1 Å². The molecule has 6 nitrogen and oxygen atoms in total. The summed E-state index contributed by atoms with van der Waals surface area (Å²) in [5, 5.41) is 13.1. The van der Waals surface area contributed by atoms with Gasteiger partial charge in [-0.15, -0.1) is 0 Å². The first-order valence-electron chi connectivity index (χ1n) is 10.3. The number of pyridine rings is 2. The molecule has 0 aliphatic rings. The van der Waals surface area contributed by atoms with Crippen molar-refractivity contribution in [3.05, 3.63) is 89.7 Å². The highest BCUT2D eigenvalue weighted by Gasteiger charge is 2.30. The van der Waals surface area contributed by atoms with E-state index in [4.69, 9.17) is 4.74 Å². The van der Waals surface area contributed by atoms with Gasteiger partial charge in [0.05, 0.1) is 36.5 Å². The average molecular weight is 467 g/mol. The van der Waals surface area contributed by atoms with E-state index in [0.29, 0.717) is 39.0 Å². The van der Waals surface area contributed by atoms with E-state index in [1.54, 1.807) is 48.8 Å². The summed E-state index contributed by atoms with van der Waals surface area (Å²) in [6.07, 6.45) is -1.30. The molecule has 0 unspecified atom stereocenters. The molecular formula is C25H20F3N3O3. The number of nitrogens with zero attached hydrogens (tertiary/aromatic N) is 2. The van der Waals surface area contributed by atoms with Crippen LogP contribution in [0.2, 0.25) is 0 Å². The van der Waals surface area contributed by atoms with Crippen molar-refractivity contribution in [1.82, 2.24) is 15.3 Å². The van der Waals surface area contributed by atoms with E-state index in [-0.39, 0.29) is 6.61 Å². The number of amides is 1. The van der Waals surface area contributed by atoms with Gasteiger partial charge in [-0.25, -0.2) is 4.98 Å². The van der Waals surface area contributed by atoms with E-state index in [2.05, 4.69) is 15.3 Å². The van der Waals surface area contributed by atoms with Crippen molar-refractivity contribution in [2.75, 3.05) is 13.7 Å². The van der Waals surface area contributed by atoms with Crippen LogP contribution in [0.25, 0.3) is 22.2 Å². The van der Waals surface area contributed by atoms with E-state index in [1.807, 2.05) is 0 Å². The zero-order chi connectivity index (χ0) is 24.3. The number of benzene rings is 2. The quantitative estimate of drug-likeness (QED) is 0.426. The summed E-state index contributed by atoms with van der Waals surface area (Å²) in [7, 11) is 1.48. The van der Waals surface area contributed by atoms with Crippen LogP contribution in [0.3, 0.4) is 0 Å². The minimum atomic E-state index is -4.43. The molecule has 0 aliphatic heterocycles. The third kappa shape index (κ3) is 4.84. The van der Waals surface area contributed by atoms with Gasteiger partial charge in [0.1, 0.15) is 5.75 Å². The number of fused-ring (bicyclic) bond motifs is 1. The van der Waals surface area contributed by atoms with Crippen molar-refractivity contribution in [1.29, 1.82) is 0 Å². The first-order valence-corrected chi connectivity index (χ1v) is 10.3. The fourth-order valence-electron chi connectivity index (χ4n) is 3.56. The Hall–Kier alpha value is -3.98. The molecule has 4 rings (SSSR count). The fraction of sp³-hybridized carbons (Fsp3) is 0.160. The van der Waals surface area contributed by atoms with Crippen LogP contribution in [0, 0.1) is 0 Å². The van der Waals surface area contributed by atoms with Crippen molar-refractivity contribution >= 4 is 16.8 Å². The molecule has 4 aromatic rings. The van der Waals surface area contributed by atoms with Gasteiger partial charge in [-0.2, -0.15) is 13.2 Å². The van der Waals surface area contributed by atoms with Gasteiger partial charge in [-0.1, -0.05) is 12.1 Å². The van der Waals surface area contributed by atoms with Crippen LogP contribution < -0.4 is 10.1 Å². The highest BCUT2D eigenvalue weighted by Crippen LogP contribution is 2.33. The lowest BCUT2D eigenvalue weighted by atomic mass is 10.0. The first kappa shape index (κ1) is 23.2. The number of aliphatic hydroxyl groups is 1. The van der Waals surface area contributed by atoms with Crippen LogP contribution in [-0.2, 0) is 6.18 Å². The molecule has 0 aliphatic carbocycles. The van der Waals surface area contributed by atoms with Gasteiger partial charge in [0.15, 0.2) is 0 Å². The maximum atomic E-state index is 12.9. The summed E-state index contributed by atoms with van der Waals surface area (Å²) in [6.45, 7) is -0.298. The second kappa shape index (κ2) is 9.48. The monoisotopic (exact) mass is 467 g/mol. The molecule has 9 heteroatoms. The maximum Gasteiger partial charge on any atom is 0.416 e. The van der Waals surface area contributed by atoms with E-state index in [1.165, 1.54) is 19.2 Å². The molecule has 2 heterocycles. The highest BCUT2D eigenvalue weighted by molar-refractivity contribution is 5.99. The smallest absolute Gasteiger partial charge is 0.416 e. The van der Waals surface area contributed by atoms with Crippen LogP contribution >= 0.6 is 0 Å². The minimum Gasteiger partial charge on any atom is -0.496 e. The lowest BCUT2D eigenvalue weighted by molar-refractivity contribution is -0.137. The Morgan fingerprint density at radius 2 is 1.76 bits per heavy atom. The van der Waals surface area contributed by atoms with Crippen molar-refractivity contribution in [2.45, 2.75) is 12.2 Å². The van der Waals surface area contributed by atoms with E-state index in [9.17, 15) is 23.1 Å². The van der Waals surface area contributed by atoms with Crippen molar-refractivity contribution in [2.24, 2.45) is 0 Å². The van der Waals surface area contributed by atoms with Crippen molar-refractivity contribution < 1.29 is 27.8 Å². The van der Waals surface area contributed by atoms with Gasteiger partial charge in [-0.05, 0) is 48.0 Å². The van der Waals surface area contributed by atoms with E-state index < -0.39 is 23.7 Å². The van der Waals surface area contributed by atoms with Gasteiger partial charge < -0.3 is 15.2 Å². The SMILES string of the molecule is COc1cc(-c2ccc(C(F)(F)F)cc2)nc2cc(C(=O)N[C@@H](CO)c3ccncc3)ccc12. The Bertz CT molecular complexity index is 1310. The van der Waals surface area contributed by atoms with Gasteiger partial charge in [0.2, 0.25) is 0 Å². The number of aromatic nitrogens is 2. The van der Waals surface area contributed by atoms with E-state index >= 15 is 0 Å². The largest absolute Gasteiger partial charge is 0.496 e. The molecular weight excluding hydrogens is 447 g/mol. The van der Waals surface area contributed by atoms with Gasteiger partial charge >= 0.3 is 6.18 Å². The topological polar surface area (TPSA) is 84.3 Å². The number of ether oxygens (including phenoxy) is 1. The standard InChI is InChI=1S/C25H20F3N3O3/c1-34-23-13-20(15-2-5-18(6-3-15)25(26,27)28)30-21-12-17(4-7-19(21)23)24(33)31-22(14-32)16-8-10-29-11-9-16/h2-13,22,32H,14H2,1H3,(H,31,33)/t22-/m0/s1. The molecule has 1 amide bonds. The Morgan fingerprint density at radius 3 is 2.38 bits per heavy atom. The summed E-state index contributed by atoms with van der Waals surface area (Å²) in [5.41, 5.74) is 1.57. The number of carbonyl (C=O) groups is 1. The summed E-state index contributed by atoms with van der Waals surface area (Å²) < 4.78 is 44.2. The van der Waals surface area contributed by atoms with Crippen LogP contribution in [0.1, 0.15) is 27.5 Å². The Labute approximate surface area is 193 Å². The zero-order valence-electron chi connectivity index (χ0n) is 18.0. The number of alkyl halides is 3. The Balaban J connectivity index is 1.68. The number of aliphatic hydroxyl groups excluding tert-OH is 1. The fourth-order valence-corrected chi connectivity index (χ4v) is 3.56. The zero-order valence-corrected chi connectivity index (χ0v) is 18.0. The van der Waals surface area contributed by atoms with Crippen LogP contribution in [0.15, 0.2) is 73.1 Å². The second-order valence-corrected chi connectivity index (χ2v) is 7.51. The minimum absolute atomic E-state index is 0.298. The number of hydrogen-bond acceptors (Lipinski definition) is 5. The molecule has 0 saturated carbocycles. The number of hydrogen-bond donors (Lipinski definition) is 2. The molecule has 1 atom stereocenters. The summed E-state index contributed by atoms with van der Waals surface area (Å²) in [5.74, 6) is 0.0512. The number of nitrogens with one attached hydrogen (secondary N) is 1. The summed E-state index contributed by atoms with van der Waals surface area (Å²) in [6, 6.07) is 13.9. The number of carbonyl (C=O) groups excluding carboxylic acids is 1. The lowest BCUT2D eigenvalue weighted by Gasteiger charge is -2.17. The number of rotatable bonds is 6. The molecule has 174 valence electrons. The second-order valence-electron chi connectivity index (χ2n) is 7.51. The molecule has 2 N–H and O–H groups in total. The number of halogens is 3. The summed E-state index contributed by atoms with van der Waals surface area (Å²) in [4.78, 5) is 21.3. The maximum absolute atomic E-state index is 12.9. The third-order valence-electron chi connectivity index (χ3n) is 5.36. The van der Waals surface area contributed by atoms with Crippen LogP contribution in [0.5, 0.6) is 5.75 Å². The molecule has 0 fully saturated rings. The van der Waals surface area contributed by atoms with Crippen LogP contribution in [-0.4, -0.2) is 34.7 Å². The predicted molar refractivity (Wildman–Crippen MR) is 120 cm³/mol. The molecule has 34 heavy (non-hydrogen) atoms. The molecule has 2 aromatic heterocycles. The van der Waals surface area contributed by atoms with Gasteiger partial charge in [0.25, 0.3) is 5.91 Å². The molecule has 0 saturated heterocycles. The average Bonchev–Trinajstić information content (AvgIpc) is 2.86. The molecule has 0 radical (unpaired) electrons. The normalized spacial score (nSPS) is 12.4.